The van der Waals surface area contributed by atoms with Crippen LogP contribution in [0.4, 0.5) is 5.13 Å². The van der Waals surface area contributed by atoms with Gasteiger partial charge in [-0.25, -0.2) is 13.4 Å². The first kappa shape index (κ1) is 20.8. The van der Waals surface area contributed by atoms with E-state index in [0.717, 1.165) is 22.6 Å². The van der Waals surface area contributed by atoms with Gasteiger partial charge in [-0.05, 0) is 48.0 Å². The topological polar surface area (TPSA) is 85.4 Å². The summed E-state index contributed by atoms with van der Waals surface area (Å²) in [4.78, 5) is 16.8. The summed E-state index contributed by atoms with van der Waals surface area (Å²) in [6.45, 7) is 1.60. The summed E-state index contributed by atoms with van der Waals surface area (Å²) in [5, 5.41) is 5.10. The van der Waals surface area contributed by atoms with Crippen molar-refractivity contribution >= 4 is 38.3 Å². The van der Waals surface area contributed by atoms with Crippen molar-refractivity contribution in [3.8, 4) is 17.0 Å². The van der Waals surface area contributed by atoms with Crippen LogP contribution in [0, 0.1) is 0 Å². The number of nitrogens with zero attached hydrogens (tertiary/aromatic N) is 1. The average Bonchev–Trinajstić information content (AvgIpc) is 3.21. The Bertz CT molecular complexity index is 1120. The Hall–Kier alpha value is -2.97. The van der Waals surface area contributed by atoms with E-state index in [9.17, 15) is 13.2 Å². The number of nitrogens with one attached hydrogen (secondary N) is 1. The van der Waals surface area contributed by atoms with E-state index >= 15 is 0 Å². The number of benzene rings is 2. The number of sulfone groups is 1. The van der Waals surface area contributed by atoms with Gasteiger partial charge in [-0.15, -0.1) is 11.3 Å². The lowest BCUT2D eigenvalue weighted by Gasteiger charge is -2.01. The number of hydrogen-bond donors (Lipinski definition) is 1. The second-order valence-electron chi connectivity index (χ2n) is 6.06. The Kier molecular flexibility index (Phi) is 6.46. The Morgan fingerprint density at radius 3 is 2.45 bits per heavy atom. The number of amides is 1. The maximum Gasteiger partial charge on any atom is 0.250 e. The predicted octanol–water partition coefficient (Wildman–Crippen LogP) is 4.26. The minimum atomic E-state index is -3.23. The molecule has 0 aliphatic rings. The molecule has 150 valence electrons. The lowest BCUT2D eigenvalue weighted by Crippen LogP contribution is -2.07. The van der Waals surface area contributed by atoms with Crippen molar-refractivity contribution in [2.75, 3.05) is 18.2 Å². The molecule has 0 aliphatic carbocycles. The zero-order valence-electron chi connectivity index (χ0n) is 16.0. The number of aromatic nitrogens is 1. The highest BCUT2D eigenvalue weighted by Gasteiger charge is 2.10. The molecule has 1 heterocycles. The molecule has 0 radical (unpaired) electrons. The highest BCUT2D eigenvalue weighted by atomic mass is 32.2. The summed E-state index contributed by atoms with van der Waals surface area (Å²) < 4.78 is 28.8. The fourth-order valence-electron chi connectivity index (χ4n) is 2.50. The fourth-order valence-corrected chi connectivity index (χ4v) is 4.10. The number of ether oxygens (including phenoxy) is 1. The molecule has 3 rings (SSSR count). The van der Waals surface area contributed by atoms with Crippen LogP contribution in [-0.2, 0) is 14.6 Å². The normalized spacial score (nSPS) is 11.5. The molecule has 0 atom stereocenters. The quantitative estimate of drug-likeness (QED) is 0.568. The van der Waals surface area contributed by atoms with Gasteiger partial charge < -0.3 is 4.74 Å². The monoisotopic (exact) mass is 428 g/mol. The minimum Gasteiger partial charge on any atom is -0.497 e. The molecule has 1 aromatic heterocycles. The van der Waals surface area contributed by atoms with Gasteiger partial charge in [-0.2, -0.15) is 0 Å². The molecule has 6 nitrogen and oxygen atoms in total. The van der Waals surface area contributed by atoms with Crippen LogP contribution < -0.4 is 10.1 Å². The van der Waals surface area contributed by atoms with Crippen LogP contribution in [0.15, 0.2) is 64.9 Å². The van der Waals surface area contributed by atoms with Crippen LogP contribution in [0.1, 0.15) is 12.5 Å². The zero-order chi connectivity index (χ0) is 20.9. The van der Waals surface area contributed by atoms with Gasteiger partial charge in [0, 0.05) is 17.0 Å². The molecule has 1 N–H and O–H groups in total. The summed E-state index contributed by atoms with van der Waals surface area (Å²) >= 11 is 1.34. The molecule has 8 heteroatoms. The predicted molar refractivity (Wildman–Crippen MR) is 116 cm³/mol. The third-order valence-electron chi connectivity index (χ3n) is 4.17. The Morgan fingerprint density at radius 2 is 1.83 bits per heavy atom. The Labute approximate surface area is 173 Å². The SMILES string of the molecule is CCS(=O)(=O)c1ccc(/C=C/C(=O)Nc2nc(-c3ccc(OC)cc3)cs2)cc1. The summed E-state index contributed by atoms with van der Waals surface area (Å²) in [5.41, 5.74) is 2.43. The molecule has 0 saturated carbocycles. The summed E-state index contributed by atoms with van der Waals surface area (Å²) in [7, 11) is -1.62. The van der Waals surface area contributed by atoms with Crippen LogP contribution in [0.3, 0.4) is 0 Å². The van der Waals surface area contributed by atoms with Gasteiger partial charge in [0.1, 0.15) is 5.75 Å². The van der Waals surface area contributed by atoms with Crippen LogP contribution >= 0.6 is 11.3 Å². The van der Waals surface area contributed by atoms with Crippen molar-refractivity contribution in [1.29, 1.82) is 0 Å². The van der Waals surface area contributed by atoms with Crippen molar-refractivity contribution in [2.45, 2.75) is 11.8 Å². The molecule has 0 aliphatic heterocycles. The number of methoxy groups -OCH3 is 1. The van der Waals surface area contributed by atoms with E-state index in [4.69, 9.17) is 4.74 Å². The van der Waals surface area contributed by atoms with E-state index in [0.29, 0.717) is 5.13 Å². The highest BCUT2D eigenvalue weighted by molar-refractivity contribution is 7.91. The molecular weight excluding hydrogens is 408 g/mol. The highest BCUT2D eigenvalue weighted by Crippen LogP contribution is 2.26. The van der Waals surface area contributed by atoms with Crippen LogP contribution in [0.5, 0.6) is 5.75 Å². The molecule has 29 heavy (non-hydrogen) atoms. The zero-order valence-corrected chi connectivity index (χ0v) is 17.6. The first-order chi connectivity index (χ1) is 13.9. The first-order valence-corrected chi connectivity index (χ1v) is 11.4. The van der Waals surface area contributed by atoms with Crippen molar-refractivity contribution < 1.29 is 17.9 Å². The molecule has 0 unspecified atom stereocenters. The Balaban J connectivity index is 1.63. The fraction of sp³-hybridized carbons (Fsp3) is 0.143. The molecule has 2 aromatic carbocycles. The largest absolute Gasteiger partial charge is 0.497 e. The van der Waals surface area contributed by atoms with E-state index in [1.54, 1.807) is 44.4 Å². The van der Waals surface area contributed by atoms with Gasteiger partial charge in [-0.1, -0.05) is 19.1 Å². The standard InChI is InChI=1S/C21H20N2O4S2/c1-3-29(25,26)18-11-4-15(5-12-18)6-13-20(24)23-21-22-19(14-28-21)16-7-9-17(27-2)10-8-16/h4-14H,3H2,1-2H3,(H,22,23,24)/b13-6+. The molecule has 0 fully saturated rings. The third-order valence-corrected chi connectivity index (χ3v) is 6.67. The van der Waals surface area contributed by atoms with E-state index in [1.807, 2.05) is 29.6 Å². The lowest BCUT2D eigenvalue weighted by molar-refractivity contribution is -0.111. The molecule has 0 bridgehead atoms. The summed E-state index contributed by atoms with van der Waals surface area (Å²) in [6, 6.07) is 13.9. The summed E-state index contributed by atoms with van der Waals surface area (Å²) in [5.74, 6) is 0.505. The number of hydrogen-bond acceptors (Lipinski definition) is 6. The van der Waals surface area contributed by atoms with Gasteiger partial charge in [0.05, 0.1) is 23.5 Å². The van der Waals surface area contributed by atoms with Gasteiger partial charge >= 0.3 is 0 Å². The first-order valence-electron chi connectivity index (χ1n) is 8.83. The number of anilines is 1. The van der Waals surface area contributed by atoms with Crippen molar-refractivity contribution in [3.63, 3.8) is 0 Å². The lowest BCUT2D eigenvalue weighted by atomic mass is 10.2. The van der Waals surface area contributed by atoms with Crippen molar-refractivity contribution in [3.05, 3.63) is 65.6 Å². The van der Waals surface area contributed by atoms with E-state index in [-0.39, 0.29) is 16.6 Å². The van der Waals surface area contributed by atoms with Gasteiger partial charge in [0.15, 0.2) is 15.0 Å². The average molecular weight is 429 g/mol. The maximum absolute atomic E-state index is 12.1. The molecule has 0 saturated heterocycles. The number of rotatable bonds is 7. The van der Waals surface area contributed by atoms with Crippen LogP contribution in [0.25, 0.3) is 17.3 Å². The van der Waals surface area contributed by atoms with Crippen molar-refractivity contribution in [2.24, 2.45) is 0 Å². The molecule has 3 aromatic rings. The van der Waals surface area contributed by atoms with Crippen LogP contribution in [-0.4, -0.2) is 32.2 Å². The second kappa shape index (κ2) is 9.02. The number of carbonyl (C=O) groups excluding carboxylic acids is 1. The van der Waals surface area contributed by atoms with Crippen molar-refractivity contribution in [1.82, 2.24) is 4.98 Å². The molecule has 0 spiro atoms. The second-order valence-corrected chi connectivity index (χ2v) is 9.20. The number of carbonyl (C=O) groups is 1. The van der Waals surface area contributed by atoms with Crippen LogP contribution in [0.2, 0.25) is 0 Å². The molecule has 1 amide bonds. The van der Waals surface area contributed by atoms with Gasteiger partial charge in [0.25, 0.3) is 0 Å². The smallest absolute Gasteiger partial charge is 0.250 e. The van der Waals surface area contributed by atoms with Gasteiger partial charge in [-0.3, -0.25) is 10.1 Å². The van der Waals surface area contributed by atoms with E-state index in [1.165, 1.54) is 17.4 Å². The van der Waals surface area contributed by atoms with E-state index < -0.39 is 9.84 Å². The van der Waals surface area contributed by atoms with E-state index in [2.05, 4.69) is 10.3 Å². The summed E-state index contributed by atoms with van der Waals surface area (Å²) in [6.07, 6.45) is 3.01. The molecular formula is C21H20N2O4S2. The number of thiazole rings is 1. The minimum absolute atomic E-state index is 0.0525. The third kappa shape index (κ3) is 5.30. The maximum atomic E-state index is 12.1. The Morgan fingerprint density at radius 1 is 1.14 bits per heavy atom. The van der Waals surface area contributed by atoms with Gasteiger partial charge in [0.2, 0.25) is 5.91 Å².